The standard InChI is InChI=1S/C11H14N2O2S3/c1-12-10-8(3-5-18-10)9(14)13(11(12)15)4-2-7(17)6-16/h3,5,7,16-17H,2,4,6H2,1H3. The molecule has 0 aliphatic carbocycles. The molecule has 0 fully saturated rings. The van der Waals surface area contributed by atoms with Crippen molar-refractivity contribution in [3.63, 3.8) is 0 Å². The average molecular weight is 302 g/mol. The van der Waals surface area contributed by atoms with Gasteiger partial charge in [-0.05, 0) is 17.9 Å². The van der Waals surface area contributed by atoms with Gasteiger partial charge in [-0.3, -0.25) is 13.9 Å². The van der Waals surface area contributed by atoms with Crippen LogP contribution in [0, 0.1) is 0 Å². The van der Waals surface area contributed by atoms with Gasteiger partial charge in [0.15, 0.2) is 0 Å². The van der Waals surface area contributed by atoms with Gasteiger partial charge in [0, 0.05) is 24.6 Å². The Morgan fingerprint density at radius 2 is 2.17 bits per heavy atom. The summed E-state index contributed by atoms with van der Waals surface area (Å²) >= 11 is 9.86. The van der Waals surface area contributed by atoms with Crippen molar-refractivity contribution in [2.75, 3.05) is 5.75 Å². The highest BCUT2D eigenvalue weighted by molar-refractivity contribution is 7.84. The topological polar surface area (TPSA) is 44.0 Å². The van der Waals surface area contributed by atoms with Crippen molar-refractivity contribution in [3.8, 4) is 0 Å². The molecule has 2 heterocycles. The Kier molecular flexibility index (Phi) is 4.24. The molecule has 0 spiro atoms. The van der Waals surface area contributed by atoms with Gasteiger partial charge < -0.3 is 0 Å². The van der Waals surface area contributed by atoms with Crippen molar-refractivity contribution in [1.29, 1.82) is 0 Å². The van der Waals surface area contributed by atoms with Crippen molar-refractivity contribution >= 4 is 46.8 Å². The van der Waals surface area contributed by atoms with Crippen LogP contribution in [-0.2, 0) is 13.6 Å². The lowest BCUT2D eigenvalue weighted by atomic mass is 10.3. The zero-order valence-electron chi connectivity index (χ0n) is 9.87. The number of rotatable bonds is 4. The summed E-state index contributed by atoms with van der Waals surface area (Å²) in [7, 11) is 1.69. The van der Waals surface area contributed by atoms with Gasteiger partial charge in [0.2, 0.25) is 0 Å². The predicted molar refractivity (Wildman–Crippen MR) is 82.6 cm³/mol. The van der Waals surface area contributed by atoms with Crippen LogP contribution < -0.4 is 11.2 Å². The molecule has 0 saturated heterocycles. The van der Waals surface area contributed by atoms with Gasteiger partial charge in [0.1, 0.15) is 4.83 Å². The van der Waals surface area contributed by atoms with Gasteiger partial charge in [-0.25, -0.2) is 4.79 Å². The number of aromatic nitrogens is 2. The molecular formula is C11H14N2O2S3. The maximum atomic E-state index is 12.2. The Bertz CT molecular complexity index is 671. The molecule has 0 aromatic carbocycles. The fourth-order valence-corrected chi connectivity index (χ4v) is 2.94. The second-order valence-corrected chi connectivity index (χ2v) is 6.05. The number of thiol groups is 2. The summed E-state index contributed by atoms with van der Waals surface area (Å²) in [5.74, 6) is 0.624. The van der Waals surface area contributed by atoms with Crippen LogP contribution in [0.2, 0.25) is 0 Å². The van der Waals surface area contributed by atoms with Crippen molar-refractivity contribution in [1.82, 2.24) is 9.13 Å². The van der Waals surface area contributed by atoms with Gasteiger partial charge in [-0.2, -0.15) is 25.3 Å². The molecule has 2 aromatic rings. The lowest BCUT2D eigenvalue weighted by molar-refractivity contribution is 0.577. The van der Waals surface area contributed by atoms with Gasteiger partial charge in [0.05, 0.1) is 5.39 Å². The summed E-state index contributed by atoms with van der Waals surface area (Å²) < 4.78 is 2.80. The lowest BCUT2D eigenvalue weighted by Gasteiger charge is -2.10. The summed E-state index contributed by atoms with van der Waals surface area (Å²) in [6.45, 7) is 0.381. The summed E-state index contributed by atoms with van der Waals surface area (Å²) in [5.41, 5.74) is -0.483. The van der Waals surface area contributed by atoms with Crippen molar-refractivity contribution in [2.24, 2.45) is 7.05 Å². The molecule has 18 heavy (non-hydrogen) atoms. The highest BCUT2D eigenvalue weighted by Crippen LogP contribution is 2.14. The SMILES string of the molecule is Cn1c(=O)n(CCC(S)CS)c(=O)c2ccsc21. The Labute approximate surface area is 119 Å². The molecular weight excluding hydrogens is 288 g/mol. The number of hydrogen-bond acceptors (Lipinski definition) is 5. The second kappa shape index (κ2) is 5.54. The molecule has 0 aliphatic rings. The maximum absolute atomic E-state index is 12.2. The van der Waals surface area contributed by atoms with E-state index in [9.17, 15) is 9.59 Å². The van der Waals surface area contributed by atoms with Crippen LogP contribution in [0.4, 0.5) is 0 Å². The first-order chi connectivity index (χ1) is 8.56. The van der Waals surface area contributed by atoms with E-state index in [0.29, 0.717) is 24.1 Å². The van der Waals surface area contributed by atoms with Gasteiger partial charge in [-0.1, -0.05) is 0 Å². The number of fused-ring (bicyclic) bond motifs is 1. The fourth-order valence-electron chi connectivity index (χ4n) is 1.79. The molecule has 2 rings (SSSR count). The third-order valence-corrected chi connectivity index (χ3v) is 5.00. The van der Waals surface area contributed by atoms with Crippen molar-refractivity contribution < 1.29 is 0 Å². The van der Waals surface area contributed by atoms with Crippen LogP contribution in [0.15, 0.2) is 21.0 Å². The summed E-state index contributed by atoms with van der Waals surface area (Å²) in [6, 6.07) is 1.76. The molecule has 0 amide bonds. The third-order valence-electron chi connectivity index (χ3n) is 2.84. The van der Waals surface area contributed by atoms with E-state index in [0.717, 1.165) is 4.83 Å². The Morgan fingerprint density at radius 1 is 1.44 bits per heavy atom. The number of thiophene rings is 1. The van der Waals surface area contributed by atoms with E-state index in [2.05, 4.69) is 25.3 Å². The highest BCUT2D eigenvalue weighted by Gasteiger charge is 2.12. The Hall–Kier alpha value is -0.660. The number of aryl methyl sites for hydroxylation is 1. The van der Waals surface area contributed by atoms with E-state index in [1.807, 2.05) is 5.38 Å². The van der Waals surface area contributed by atoms with Gasteiger partial charge >= 0.3 is 5.69 Å². The molecule has 0 saturated carbocycles. The van der Waals surface area contributed by atoms with Gasteiger partial charge in [-0.15, -0.1) is 11.3 Å². The summed E-state index contributed by atoms with van der Waals surface area (Å²) in [5, 5.41) is 2.51. The Balaban J connectivity index is 2.50. The molecule has 0 radical (unpaired) electrons. The van der Waals surface area contributed by atoms with Crippen LogP contribution in [0.3, 0.4) is 0 Å². The molecule has 2 aromatic heterocycles. The molecule has 98 valence electrons. The van der Waals surface area contributed by atoms with E-state index in [4.69, 9.17) is 0 Å². The smallest absolute Gasteiger partial charge is 0.287 e. The molecule has 0 bridgehead atoms. The van der Waals surface area contributed by atoms with Crippen LogP contribution in [-0.4, -0.2) is 20.1 Å². The minimum Gasteiger partial charge on any atom is -0.287 e. The lowest BCUT2D eigenvalue weighted by Crippen LogP contribution is -2.39. The predicted octanol–water partition coefficient (Wildman–Crippen LogP) is 1.38. The highest BCUT2D eigenvalue weighted by atomic mass is 32.1. The van der Waals surface area contributed by atoms with Crippen LogP contribution in [0.5, 0.6) is 0 Å². The number of nitrogens with zero attached hydrogens (tertiary/aromatic N) is 2. The fraction of sp³-hybridized carbons (Fsp3) is 0.455. The second-order valence-electron chi connectivity index (χ2n) is 4.06. The number of hydrogen-bond donors (Lipinski definition) is 2. The Morgan fingerprint density at radius 3 is 2.83 bits per heavy atom. The molecule has 4 nitrogen and oxygen atoms in total. The quantitative estimate of drug-likeness (QED) is 0.838. The van der Waals surface area contributed by atoms with Crippen LogP contribution >= 0.6 is 36.6 Å². The van der Waals surface area contributed by atoms with E-state index in [1.165, 1.54) is 20.5 Å². The largest absolute Gasteiger partial charge is 0.331 e. The van der Waals surface area contributed by atoms with Crippen LogP contribution in [0.1, 0.15) is 6.42 Å². The van der Waals surface area contributed by atoms with Crippen molar-refractivity contribution in [2.45, 2.75) is 18.2 Å². The molecule has 0 aliphatic heterocycles. The van der Waals surface area contributed by atoms with E-state index >= 15 is 0 Å². The first kappa shape index (κ1) is 13.8. The van der Waals surface area contributed by atoms with Crippen LogP contribution in [0.25, 0.3) is 10.2 Å². The normalized spacial score (nSPS) is 13.1. The zero-order chi connectivity index (χ0) is 13.3. The molecule has 7 heteroatoms. The molecule has 1 unspecified atom stereocenters. The average Bonchev–Trinajstić information content (AvgIpc) is 2.85. The van der Waals surface area contributed by atoms with E-state index < -0.39 is 0 Å². The van der Waals surface area contributed by atoms with E-state index in [-0.39, 0.29) is 16.5 Å². The monoisotopic (exact) mass is 302 g/mol. The summed E-state index contributed by atoms with van der Waals surface area (Å²) in [4.78, 5) is 25.0. The molecule has 1 atom stereocenters. The first-order valence-corrected chi connectivity index (χ1v) is 7.55. The molecule has 0 N–H and O–H groups in total. The minimum absolute atomic E-state index is 0.0862. The maximum Gasteiger partial charge on any atom is 0.331 e. The van der Waals surface area contributed by atoms with Crippen molar-refractivity contribution in [3.05, 3.63) is 32.3 Å². The summed E-state index contributed by atoms with van der Waals surface area (Å²) in [6.07, 6.45) is 0.650. The van der Waals surface area contributed by atoms with E-state index in [1.54, 1.807) is 13.1 Å². The first-order valence-electron chi connectivity index (χ1n) is 5.52. The minimum atomic E-state index is -0.269. The third kappa shape index (κ3) is 2.39. The van der Waals surface area contributed by atoms with Gasteiger partial charge in [0.25, 0.3) is 5.56 Å². The zero-order valence-corrected chi connectivity index (χ0v) is 12.5.